The van der Waals surface area contributed by atoms with Crippen molar-refractivity contribution in [1.82, 2.24) is 5.32 Å². The Morgan fingerprint density at radius 1 is 1.20 bits per heavy atom. The van der Waals surface area contributed by atoms with Gasteiger partial charge in [-0.25, -0.2) is 4.39 Å². The van der Waals surface area contributed by atoms with Crippen molar-refractivity contribution < 1.29 is 9.50 Å². The van der Waals surface area contributed by atoms with Gasteiger partial charge in [-0.2, -0.15) is 0 Å². The third kappa shape index (κ3) is 4.40. The van der Waals surface area contributed by atoms with Gasteiger partial charge in [-0.15, -0.1) is 0 Å². The van der Waals surface area contributed by atoms with Crippen molar-refractivity contribution in [3.8, 4) is 0 Å². The first-order valence-corrected chi connectivity index (χ1v) is 5.24. The van der Waals surface area contributed by atoms with Crippen LogP contribution >= 0.6 is 0 Å². The molecule has 0 aliphatic heterocycles. The molecule has 0 unspecified atom stereocenters. The van der Waals surface area contributed by atoms with Crippen molar-refractivity contribution in [3.05, 3.63) is 35.6 Å². The van der Waals surface area contributed by atoms with Gasteiger partial charge in [0.05, 0.1) is 6.10 Å². The Labute approximate surface area is 90.1 Å². The van der Waals surface area contributed by atoms with Gasteiger partial charge >= 0.3 is 0 Å². The van der Waals surface area contributed by atoms with Gasteiger partial charge in [-0.05, 0) is 30.2 Å². The first-order valence-electron chi connectivity index (χ1n) is 5.24. The van der Waals surface area contributed by atoms with Gasteiger partial charge in [-0.1, -0.05) is 26.0 Å². The van der Waals surface area contributed by atoms with Crippen molar-refractivity contribution in [2.45, 2.75) is 20.0 Å². The largest absolute Gasteiger partial charge is 0.387 e. The molecule has 0 fully saturated rings. The Kier molecular flexibility index (Phi) is 4.72. The van der Waals surface area contributed by atoms with E-state index in [4.69, 9.17) is 0 Å². The summed E-state index contributed by atoms with van der Waals surface area (Å²) in [5.41, 5.74) is 0.743. The van der Waals surface area contributed by atoms with E-state index in [1.54, 1.807) is 12.1 Å². The number of rotatable bonds is 5. The SMILES string of the molecule is CC(C)CNC[C@H](O)c1ccc(F)cc1. The average molecular weight is 211 g/mol. The minimum absolute atomic E-state index is 0.277. The molecule has 15 heavy (non-hydrogen) atoms. The number of aliphatic hydroxyl groups is 1. The van der Waals surface area contributed by atoms with E-state index in [-0.39, 0.29) is 5.82 Å². The van der Waals surface area contributed by atoms with E-state index in [1.807, 2.05) is 0 Å². The van der Waals surface area contributed by atoms with Crippen LogP contribution in [0.4, 0.5) is 4.39 Å². The molecule has 0 spiro atoms. The van der Waals surface area contributed by atoms with Crippen molar-refractivity contribution in [1.29, 1.82) is 0 Å². The van der Waals surface area contributed by atoms with E-state index >= 15 is 0 Å². The van der Waals surface area contributed by atoms with E-state index < -0.39 is 6.10 Å². The Balaban J connectivity index is 2.40. The zero-order valence-electron chi connectivity index (χ0n) is 9.20. The molecule has 0 aliphatic rings. The summed E-state index contributed by atoms with van der Waals surface area (Å²) in [6.07, 6.45) is -0.565. The standard InChI is InChI=1S/C12H18FNO/c1-9(2)7-14-8-12(15)10-3-5-11(13)6-4-10/h3-6,9,12,14-15H,7-8H2,1-2H3/t12-/m0/s1. The summed E-state index contributed by atoms with van der Waals surface area (Å²) in [6.45, 7) is 5.59. The molecule has 1 atom stereocenters. The van der Waals surface area contributed by atoms with Crippen LogP contribution < -0.4 is 5.32 Å². The normalized spacial score (nSPS) is 13.1. The molecule has 0 heterocycles. The Hall–Kier alpha value is -0.930. The van der Waals surface area contributed by atoms with Gasteiger partial charge in [-0.3, -0.25) is 0 Å². The summed E-state index contributed by atoms with van der Waals surface area (Å²) in [6, 6.07) is 5.94. The van der Waals surface area contributed by atoms with E-state index in [0.717, 1.165) is 12.1 Å². The summed E-state index contributed by atoms with van der Waals surface area (Å²) in [5, 5.41) is 12.9. The molecule has 0 bridgehead atoms. The summed E-state index contributed by atoms with van der Waals surface area (Å²) >= 11 is 0. The molecule has 0 saturated carbocycles. The number of hydrogen-bond donors (Lipinski definition) is 2. The van der Waals surface area contributed by atoms with Crippen LogP contribution in [0, 0.1) is 11.7 Å². The van der Waals surface area contributed by atoms with Gasteiger partial charge in [0.2, 0.25) is 0 Å². The fourth-order valence-electron chi connectivity index (χ4n) is 1.31. The molecule has 84 valence electrons. The van der Waals surface area contributed by atoms with E-state index in [9.17, 15) is 9.50 Å². The van der Waals surface area contributed by atoms with Crippen molar-refractivity contribution >= 4 is 0 Å². The van der Waals surface area contributed by atoms with Crippen LogP contribution in [0.2, 0.25) is 0 Å². The van der Waals surface area contributed by atoms with Gasteiger partial charge in [0.15, 0.2) is 0 Å². The minimum Gasteiger partial charge on any atom is -0.387 e. The summed E-state index contributed by atoms with van der Waals surface area (Å²) in [7, 11) is 0. The third-order valence-corrected chi connectivity index (χ3v) is 2.15. The van der Waals surface area contributed by atoms with Crippen LogP contribution in [0.1, 0.15) is 25.5 Å². The molecule has 1 aromatic carbocycles. The highest BCUT2D eigenvalue weighted by molar-refractivity contribution is 5.18. The molecule has 0 aliphatic carbocycles. The van der Waals surface area contributed by atoms with Crippen LogP contribution in [0.25, 0.3) is 0 Å². The highest BCUT2D eigenvalue weighted by Crippen LogP contribution is 2.12. The Bertz CT molecular complexity index is 284. The Morgan fingerprint density at radius 2 is 1.80 bits per heavy atom. The molecule has 2 N–H and O–H groups in total. The number of benzene rings is 1. The lowest BCUT2D eigenvalue weighted by molar-refractivity contribution is 0.173. The molecule has 0 amide bonds. The summed E-state index contributed by atoms with van der Waals surface area (Å²) in [5.74, 6) is 0.284. The maximum atomic E-state index is 12.6. The van der Waals surface area contributed by atoms with E-state index in [1.165, 1.54) is 12.1 Å². The summed E-state index contributed by atoms with van der Waals surface area (Å²) in [4.78, 5) is 0. The molecule has 0 radical (unpaired) electrons. The number of aliphatic hydroxyl groups excluding tert-OH is 1. The molecule has 2 nitrogen and oxygen atoms in total. The fourth-order valence-corrected chi connectivity index (χ4v) is 1.31. The van der Waals surface area contributed by atoms with E-state index in [0.29, 0.717) is 12.5 Å². The van der Waals surface area contributed by atoms with Crippen LogP contribution in [0.15, 0.2) is 24.3 Å². The third-order valence-electron chi connectivity index (χ3n) is 2.15. The lowest BCUT2D eigenvalue weighted by Crippen LogP contribution is -2.25. The topological polar surface area (TPSA) is 32.3 Å². The van der Waals surface area contributed by atoms with Crippen molar-refractivity contribution in [2.75, 3.05) is 13.1 Å². The molecule has 0 aromatic heterocycles. The second kappa shape index (κ2) is 5.83. The highest BCUT2D eigenvalue weighted by atomic mass is 19.1. The molecule has 1 aromatic rings. The number of halogens is 1. The maximum absolute atomic E-state index is 12.6. The molecule has 3 heteroatoms. The van der Waals surface area contributed by atoms with Crippen LogP contribution in [0.5, 0.6) is 0 Å². The van der Waals surface area contributed by atoms with Crippen LogP contribution in [0.3, 0.4) is 0 Å². The highest BCUT2D eigenvalue weighted by Gasteiger charge is 2.06. The smallest absolute Gasteiger partial charge is 0.123 e. The number of nitrogens with one attached hydrogen (secondary N) is 1. The number of hydrogen-bond acceptors (Lipinski definition) is 2. The lowest BCUT2D eigenvalue weighted by atomic mass is 10.1. The van der Waals surface area contributed by atoms with Crippen molar-refractivity contribution in [2.24, 2.45) is 5.92 Å². The van der Waals surface area contributed by atoms with Gasteiger partial charge in [0.25, 0.3) is 0 Å². The van der Waals surface area contributed by atoms with Crippen LogP contribution in [-0.2, 0) is 0 Å². The van der Waals surface area contributed by atoms with Crippen molar-refractivity contribution in [3.63, 3.8) is 0 Å². The molecule has 0 saturated heterocycles. The first kappa shape index (κ1) is 12.1. The lowest BCUT2D eigenvalue weighted by Gasteiger charge is -2.13. The van der Waals surface area contributed by atoms with Gasteiger partial charge < -0.3 is 10.4 Å². The van der Waals surface area contributed by atoms with Gasteiger partial charge in [0, 0.05) is 6.54 Å². The molecular weight excluding hydrogens is 193 g/mol. The molecule has 1 rings (SSSR count). The quantitative estimate of drug-likeness (QED) is 0.781. The zero-order chi connectivity index (χ0) is 11.3. The second-order valence-electron chi connectivity index (χ2n) is 4.12. The predicted octanol–water partition coefficient (Wildman–Crippen LogP) is 2.10. The average Bonchev–Trinajstić information content (AvgIpc) is 2.18. The second-order valence-corrected chi connectivity index (χ2v) is 4.12. The summed E-state index contributed by atoms with van der Waals surface area (Å²) < 4.78 is 12.6. The predicted molar refractivity (Wildman–Crippen MR) is 59.1 cm³/mol. The van der Waals surface area contributed by atoms with Crippen LogP contribution in [-0.4, -0.2) is 18.2 Å². The maximum Gasteiger partial charge on any atom is 0.123 e. The fraction of sp³-hybridized carbons (Fsp3) is 0.500. The van der Waals surface area contributed by atoms with E-state index in [2.05, 4.69) is 19.2 Å². The monoisotopic (exact) mass is 211 g/mol. The Morgan fingerprint density at radius 3 is 2.33 bits per heavy atom. The van der Waals surface area contributed by atoms with Gasteiger partial charge in [0.1, 0.15) is 5.82 Å². The zero-order valence-corrected chi connectivity index (χ0v) is 9.20. The minimum atomic E-state index is -0.565. The first-order chi connectivity index (χ1) is 7.09. The molecular formula is C12H18FNO.